The van der Waals surface area contributed by atoms with Crippen LogP contribution >= 0.6 is 39.3 Å². The Labute approximate surface area is 144 Å². The molecule has 1 aromatic carbocycles. The number of thioether (sulfide) groups is 1. The molecule has 0 atom stereocenters. The van der Waals surface area contributed by atoms with Crippen LogP contribution in [0.3, 0.4) is 0 Å². The minimum absolute atomic E-state index is 0.223. The number of benzene rings is 1. The molecule has 22 heavy (non-hydrogen) atoms. The molecule has 0 unspecified atom stereocenters. The minimum Gasteiger partial charge on any atom is -0.450 e. The molecule has 1 aliphatic heterocycles. The van der Waals surface area contributed by atoms with Crippen LogP contribution in [0.15, 0.2) is 50.4 Å². The normalized spacial score (nSPS) is 16.8. The third-order valence-electron chi connectivity index (χ3n) is 2.99. The maximum Gasteiger partial charge on any atom is 0.293 e. The van der Waals surface area contributed by atoms with Crippen molar-refractivity contribution in [1.82, 2.24) is 4.90 Å². The first-order chi connectivity index (χ1) is 10.5. The van der Waals surface area contributed by atoms with Gasteiger partial charge in [-0.05, 0) is 57.5 Å². The van der Waals surface area contributed by atoms with Crippen molar-refractivity contribution in [3.05, 3.63) is 62.3 Å². The molecule has 0 bridgehead atoms. The van der Waals surface area contributed by atoms with Crippen molar-refractivity contribution in [3.8, 4) is 0 Å². The highest BCUT2D eigenvalue weighted by molar-refractivity contribution is 9.10. The number of hydrogen-bond acceptors (Lipinski definition) is 4. The van der Waals surface area contributed by atoms with Gasteiger partial charge in [-0.25, -0.2) is 0 Å². The van der Waals surface area contributed by atoms with Gasteiger partial charge in [-0.1, -0.05) is 23.7 Å². The van der Waals surface area contributed by atoms with Gasteiger partial charge in [0.25, 0.3) is 11.1 Å². The summed E-state index contributed by atoms with van der Waals surface area (Å²) in [4.78, 5) is 25.9. The standard InChI is InChI=1S/C15H9BrClNO3S/c16-13-6-5-11(21-13)7-12-14(19)18(15(20)22-12)8-9-1-3-10(17)4-2-9/h1-7H,8H2/b12-7-. The predicted octanol–water partition coefficient (Wildman–Crippen LogP) is 4.93. The molecule has 1 saturated heterocycles. The highest BCUT2D eigenvalue weighted by Crippen LogP contribution is 2.33. The number of nitrogens with zero attached hydrogens (tertiary/aromatic N) is 1. The van der Waals surface area contributed by atoms with Gasteiger partial charge in [0.15, 0.2) is 4.67 Å². The molecule has 0 aliphatic carbocycles. The average molecular weight is 399 g/mol. The van der Waals surface area contributed by atoms with Crippen molar-refractivity contribution >= 4 is 56.5 Å². The van der Waals surface area contributed by atoms with Gasteiger partial charge >= 0.3 is 0 Å². The molecule has 1 fully saturated rings. The van der Waals surface area contributed by atoms with E-state index in [2.05, 4.69) is 15.9 Å². The van der Waals surface area contributed by atoms with E-state index < -0.39 is 0 Å². The molecule has 4 nitrogen and oxygen atoms in total. The monoisotopic (exact) mass is 397 g/mol. The summed E-state index contributed by atoms with van der Waals surface area (Å²) in [6.45, 7) is 0.223. The van der Waals surface area contributed by atoms with E-state index in [9.17, 15) is 9.59 Å². The van der Waals surface area contributed by atoms with Crippen molar-refractivity contribution in [1.29, 1.82) is 0 Å². The quantitative estimate of drug-likeness (QED) is 0.688. The van der Waals surface area contributed by atoms with Crippen molar-refractivity contribution in [3.63, 3.8) is 0 Å². The summed E-state index contributed by atoms with van der Waals surface area (Å²) in [6.07, 6.45) is 1.57. The SMILES string of the molecule is O=C1S/C(=C\c2ccc(Br)o2)C(=O)N1Cc1ccc(Cl)cc1. The summed E-state index contributed by atoms with van der Waals surface area (Å²) in [6, 6.07) is 10.5. The Kier molecular flexibility index (Phi) is 4.42. The molecular weight excluding hydrogens is 390 g/mol. The molecular formula is C15H9BrClNO3S. The fourth-order valence-electron chi connectivity index (χ4n) is 1.94. The number of imide groups is 1. The van der Waals surface area contributed by atoms with Crippen LogP contribution < -0.4 is 0 Å². The summed E-state index contributed by atoms with van der Waals surface area (Å²) in [5, 5.41) is 0.318. The second-order valence-corrected chi connectivity index (χ2v) is 6.75. The van der Waals surface area contributed by atoms with Gasteiger partial charge in [0, 0.05) is 11.1 Å². The second-order valence-electron chi connectivity index (χ2n) is 4.54. The molecule has 2 aromatic rings. The first-order valence-corrected chi connectivity index (χ1v) is 8.27. The summed E-state index contributed by atoms with van der Waals surface area (Å²) in [5.74, 6) is 0.196. The maximum atomic E-state index is 12.3. The molecule has 2 amide bonds. The smallest absolute Gasteiger partial charge is 0.293 e. The largest absolute Gasteiger partial charge is 0.450 e. The van der Waals surface area contributed by atoms with E-state index in [0.717, 1.165) is 17.3 Å². The lowest BCUT2D eigenvalue weighted by Crippen LogP contribution is -2.27. The molecule has 0 radical (unpaired) electrons. The van der Waals surface area contributed by atoms with E-state index in [1.165, 1.54) is 4.90 Å². The molecule has 0 spiro atoms. The zero-order valence-corrected chi connectivity index (χ0v) is 14.2. The van der Waals surface area contributed by atoms with Gasteiger partial charge < -0.3 is 4.42 Å². The van der Waals surface area contributed by atoms with Crippen molar-refractivity contribution < 1.29 is 14.0 Å². The number of furan rings is 1. The number of hydrogen-bond donors (Lipinski definition) is 0. The zero-order chi connectivity index (χ0) is 15.7. The Hall–Kier alpha value is -1.50. The molecule has 112 valence electrons. The number of halogens is 2. The van der Waals surface area contributed by atoms with Crippen LogP contribution in [0.1, 0.15) is 11.3 Å². The van der Waals surface area contributed by atoms with Gasteiger partial charge in [-0.3, -0.25) is 14.5 Å². The fourth-order valence-corrected chi connectivity index (χ4v) is 3.21. The van der Waals surface area contributed by atoms with Gasteiger partial charge in [0.1, 0.15) is 5.76 Å². The second kappa shape index (κ2) is 6.32. The van der Waals surface area contributed by atoms with E-state index >= 15 is 0 Å². The summed E-state index contributed by atoms with van der Waals surface area (Å²) in [5.41, 5.74) is 0.841. The maximum absolute atomic E-state index is 12.3. The van der Waals surface area contributed by atoms with E-state index in [0.29, 0.717) is 20.4 Å². The highest BCUT2D eigenvalue weighted by Gasteiger charge is 2.35. The summed E-state index contributed by atoms with van der Waals surface area (Å²) in [7, 11) is 0. The van der Waals surface area contributed by atoms with Gasteiger partial charge in [0.05, 0.1) is 11.4 Å². The Morgan fingerprint density at radius 1 is 1.18 bits per heavy atom. The minimum atomic E-state index is -0.322. The lowest BCUT2D eigenvalue weighted by atomic mass is 10.2. The fraction of sp³-hybridized carbons (Fsp3) is 0.0667. The van der Waals surface area contributed by atoms with Crippen molar-refractivity contribution in [2.45, 2.75) is 6.54 Å². The molecule has 1 aliphatic rings. The summed E-state index contributed by atoms with van der Waals surface area (Å²) < 4.78 is 5.89. The van der Waals surface area contributed by atoms with Crippen LogP contribution in [0.2, 0.25) is 5.02 Å². The first-order valence-electron chi connectivity index (χ1n) is 6.28. The van der Waals surface area contributed by atoms with Gasteiger partial charge in [-0.15, -0.1) is 0 Å². The van der Waals surface area contributed by atoms with E-state index in [1.54, 1.807) is 42.5 Å². The molecule has 1 aromatic heterocycles. The van der Waals surface area contributed by atoms with Crippen LogP contribution in [-0.2, 0) is 11.3 Å². The number of rotatable bonds is 3. The Balaban J connectivity index is 1.79. The van der Waals surface area contributed by atoms with Crippen LogP contribution in [0.25, 0.3) is 6.08 Å². The number of carbonyl (C=O) groups excluding carboxylic acids is 2. The van der Waals surface area contributed by atoms with E-state index in [4.69, 9.17) is 16.0 Å². The van der Waals surface area contributed by atoms with Crippen LogP contribution in [0.5, 0.6) is 0 Å². The zero-order valence-electron chi connectivity index (χ0n) is 11.1. The molecule has 7 heteroatoms. The molecule has 3 rings (SSSR count). The van der Waals surface area contributed by atoms with Gasteiger partial charge in [-0.2, -0.15) is 0 Å². The third-order valence-corrected chi connectivity index (χ3v) is 4.58. The van der Waals surface area contributed by atoms with Crippen molar-refractivity contribution in [2.24, 2.45) is 0 Å². The van der Waals surface area contributed by atoms with Crippen LogP contribution in [-0.4, -0.2) is 16.0 Å². The molecule has 0 saturated carbocycles. The highest BCUT2D eigenvalue weighted by atomic mass is 79.9. The van der Waals surface area contributed by atoms with Crippen LogP contribution in [0, 0.1) is 0 Å². The third kappa shape index (κ3) is 3.29. The Morgan fingerprint density at radius 2 is 1.91 bits per heavy atom. The Morgan fingerprint density at radius 3 is 2.55 bits per heavy atom. The summed E-state index contributed by atoms with van der Waals surface area (Å²) >= 11 is 9.93. The lowest BCUT2D eigenvalue weighted by molar-refractivity contribution is -0.123. The van der Waals surface area contributed by atoms with Crippen molar-refractivity contribution in [2.75, 3.05) is 0 Å². The number of amides is 2. The topological polar surface area (TPSA) is 50.5 Å². The Bertz CT molecular complexity index is 769. The average Bonchev–Trinajstić information content (AvgIpc) is 3.00. The lowest BCUT2D eigenvalue weighted by Gasteiger charge is -2.12. The van der Waals surface area contributed by atoms with E-state index in [-0.39, 0.29) is 17.7 Å². The van der Waals surface area contributed by atoms with Crippen LogP contribution in [0.4, 0.5) is 4.79 Å². The molecule has 0 N–H and O–H groups in total. The van der Waals surface area contributed by atoms with Gasteiger partial charge in [0.2, 0.25) is 0 Å². The predicted molar refractivity (Wildman–Crippen MR) is 89.4 cm³/mol. The number of carbonyl (C=O) groups is 2. The molecule has 2 heterocycles. The van der Waals surface area contributed by atoms with E-state index in [1.807, 2.05) is 0 Å². The first kappa shape index (κ1) is 15.4.